The van der Waals surface area contributed by atoms with Gasteiger partial charge in [-0.15, -0.1) is 0 Å². The molecule has 9 heteroatoms. The quantitative estimate of drug-likeness (QED) is 0.112. The summed E-state index contributed by atoms with van der Waals surface area (Å²) in [7, 11) is 0. The molecule has 6 rings (SSSR count). The van der Waals surface area contributed by atoms with E-state index in [4.69, 9.17) is 19.4 Å². The van der Waals surface area contributed by atoms with Crippen LogP contribution < -0.4 is 9.64 Å². The van der Waals surface area contributed by atoms with Gasteiger partial charge in [-0.2, -0.15) is 0 Å². The van der Waals surface area contributed by atoms with E-state index in [0.29, 0.717) is 31.2 Å². The number of aryl methyl sites for hydroxylation is 1. The molecule has 1 fully saturated rings. The van der Waals surface area contributed by atoms with Gasteiger partial charge in [0.2, 0.25) is 0 Å². The number of hydrogen-bond donors (Lipinski definition) is 0. The molecule has 0 saturated carbocycles. The second kappa shape index (κ2) is 14.3. The molecular formula is C39H43N5O4. The lowest BCUT2D eigenvalue weighted by atomic mass is 10.0. The van der Waals surface area contributed by atoms with Gasteiger partial charge in [0.1, 0.15) is 28.5 Å². The molecule has 0 aliphatic carbocycles. The van der Waals surface area contributed by atoms with Crippen LogP contribution in [-0.4, -0.2) is 50.3 Å². The molecule has 5 aromatic rings. The number of imidazole rings is 1. The molecule has 48 heavy (non-hydrogen) atoms. The minimum atomic E-state index is -0.736. The predicted molar refractivity (Wildman–Crippen MR) is 188 cm³/mol. The van der Waals surface area contributed by atoms with E-state index >= 15 is 0 Å². The molecule has 1 aliphatic heterocycles. The van der Waals surface area contributed by atoms with Crippen molar-refractivity contribution in [2.24, 2.45) is 0 Å². The van der Waals surface area contributed by atoms with Crippen molar-refractivity contribution in [3.8, 4) is 16.9 Å². The third kappa shape index (κ3) is 7.68. The Morgan fingerprint density at radius 1 is 0.833 bits per heavy atom. The number of unbranched alkanes of at least 4 members (excludes halogenated alkanes) is 1. The average molecular weight is 646 g/mol. The van der Waals surface area contributed by atoms with Crippen LogP contribution in [0.3, 0.4) is 0 Å². The Balaban J connectivity index is 1.25. The van der Waals surface area contributed by atoms with E-state index in [-0.39, 0.29) is 6.03 Å². The number of fused-ring (bicyclic) bond motifs is 1. The van der Waals surface area contributed by atoms with Gasteiger partial charge in [0, 0.05) is 31.6 Å². The fraction of sp³-hybridized carbons (Fsp3) is 0.333. The molecule has 2 aromatic heterocycles. The number of carbonyl (C=O) groups is 2. The van der Waals surface area contributed by atoms with Crippen LogP contribution in [0.1, 0.15) is 63.9 Å². The van der Waals surface area contributed by atoms with E-state index in [2.05, 4.69) is 35.8 Å². The zero-order valence-electron chi connectivity index (χ0n) is 28.2. The van der Waals surface area contributed by atoms with Crippen molar-refractivity contribution in [2.75, 3.05) is 18.0 Å². The smallest absolute Gasteiger partial charge is 0.428 e. The normalized spacial score (nSPS) is 13.6. The molecule has 3 heterocycles. The van der Waals surface area contributed by atoms with Gasteiger partial charge in [0.25, 0.3) is 0 Å². The number of nitrogens with zero attached hydrogens (tertiary/aromatic N) is 5. The molecule has 1 aliphatic rings. The van der Waals surface area contributed by atoms with E-state index in [0.717, 1.165) is 71.5 Å². The van der Waals surface area contributed by atoms with Crippen molar-refractivity contribution < 1.29 is 19.1 Å². The van der Waals surface area contributed by atoms with Crippen molar-refractivity contribution in [3.63, 3.8) is 0 Å². The van der Waals surface area contributed by atoms with Gasteiger partial charge in [-0.1, -0.05) is 86.1 Å². The monoisotopic (exact) mass is 645 g/mol. The molecule has 0 spiro atoms. The first-order chi connectivity index (χ1) is 23.2. The van der Waals surface area contributed by atoms with E-state index in [9.17, 15) is 9.59 Å². The zero-order chi connectivity index (χ0) is 33.7. The van der Waals surface area contributed by atoms with Gasteiger partial charge < -0.3 is 18.9 Å². The molecule has 0 bridgehead atoms. The summed E-state index contributed by atoms with van der Waals surface area (Å²) < 4.78 is 13.1. The minimum absolute atomic E-state index is 0.0271. The summed E-state index contributed by atoms with van der Waals surface area (Å²) in [5.74, 6) is 2.06. The topological polar surface area (TPSA) is 89.8 Å². The maximum absolute atomic E-state index is 13.6. The first-order valence-electron chi connectivity index (χ1n) is 16.7. The highest BCUT2D eigenvalue weighted by atomic mass is 16.7. The molecule has 0 atom stereocenters. The number of benzene rings is 3. The highest BCUT2D eigenvalue weighted by Crippen LogP contribution is 2.31. The average Bonchev–Trinajstić information content (AvgIpc) is 3.41. The second-order valence-electron chi connectivity index (χ2n) is 13.2. The van der Waals surface area contributed by atoms with Crippen LogP contribution in [0.4, 0.5) is 15.4 Å². The van der Waals surface area contributed by atoms with Crippen molar-refractivity contribution in [1.82, 2.24) is 19.4 Å². The zero-order valence-corrected chi connectivity index (χ0v) is 28.2. The lowest BCUT2D eigenvalue weighted by Crippen LogP contribution is -2.49. The molecule has 248 valence electrons. The SMILES string of the molecule is CCCCc1nc2ccc(N3CCCN(Cc4ccccc4)C3=O)nc2n1Cc1ccc(-c2ccccc2OC(=O)OC(C)(C)C)cc1. The molecular weight excluding hydrogens is 602 g/mol. The Kier molecular flexibility index (Phi) is 9.75. The lowest BCUT2D eigenvalue weighted by molar-refractivity contribution is 0.0207. The minimum Gasteiger partial charge on any atom is -0.428 e. The standard InChI is InChI=1S/C39H43N5O4/c1-5-6-17-34-40-32-22-23-35(43-25-12-24-42(37(43)45)26-28-13-8-7-9-14-28)41-36(32)44(34)27-29-18-20-30(21-19-29)31-15-10-11-16-33(31)47-38(46)48-39(2,3)4/h7-11,13-16,18-23H,5-6,12,17,24-27H2,1-4H3. The van der Waals surface area contributed by atoms with Crippen LogP contribution in [0.5, 0.6) is 5.75 Å². The summed E-state index contributed by atoms with van der Waals surface area (Å²) in [6.45, 7) is 10.1. The summed E-state index contributed by atoms with van der Waals surface area (Å²) in [6, 6.07) is 29.6. The summed E-state index contributed by atoms with van der Waals surface area (Å²) in [5, 5.41) is 0. The first-order valence-corrected chi connectivity index (χ1v) is 16.7. The Morgan fingerprint density at radius 2 is 1.56 bits per heavy atom. The number of ether oxygens (including phenoxy) is 2. The molecule has 1 saturated heterocycles. The number of amides is 2. The van der Waals surface area contributed by atoms with Gasteiger partial charge in [0.05, 0.1) is 6.54 Å². The maximum Gasteiger partial charge on any atom is 0.514 e. The van der Waals surface area contributed by atoms with Gasteiger partial charge in [0.15, 0.2) is 5.65 Å². The van der Waals surface area contributed by atoms with E-state index in [1.54, 1.807) is 31.7 Å². The van der Waals surface area contributed by atoms with Crippen molar-refractivity contribution >= 4 is 29.2 Å². The fourth-order valence-electron chi connectivity index (χ4n) is 5.95. The van der Waals surface area contributed by atoms with Crippen molar-refractivity contribution in [2.45, 2.75) is 72.1 Å². The number of hydrogen-bond acceptors (Lipinski definition) is 6. The number of pyridine rings is 1. The molecule has 9 nitrogen and oxygen atoms in total. The summed E-state index contributed by atoms with van der Waals surface area (Å²) in [5.41, 5.74) is 4.85. The first kappa shape index (κ1) is 32.7. The number of rotatable bonds is 10. The van der Waals surface area contributed by atoms with Gasteiger partial charge in [-0.25, -0.2) is 19.6 Å². The largest absolute Gasteiger partial charge is 0.514 e. The van der Waals surface area contributed by atoms with E-state index in [1.165, 1.54) is 0 Å². The summed E-state index contributed by atoms with van der Waals surface area (Å²) in [4.78, 5) is 39.8. The summed E-state index contributed by atoms with van der Waals surface area (Å²) in [6.07, 6.45) is 3.05. The molecule has 3 aromatic carbocycles. The third-order valence-electron chi connectivity index (χ3n) is 8.29. The number of anilines is 1. The number of urea groups is 1. The van der Waals surface area contributed by atoms with Gasteiger partial charge in [-0.05, 0) is 68.5 Å². The molecule has 2 amide bonds. The molecule has 0 unspecified atom stereocenters. The summed E-state index contributed by atoms with van der Waals surface area (Å²) >= 11 is 0. The molecule has 0 N–H and O–H groups in total. The maximum atomic E-state index is 13.6. The second-order valence-corrected chi connectivity index (χ2v) is 13.2. The van der Waals surface area contributed by atoms with Crippen LogP contribution in [0.2, 0.25) is 0 Å². The van der Waals surface area contributed by atoms with E-state index in [1.807, 2.05) is 65.6 Å². The molecule has 0 radical (unpaired) electrons. The Bertz CT molecular complexity index is 1880. The Labute approximate surface area is 282 Å². The van der Waals surface area contributed by atoms with Crippen LogP contribution in [-0.2, 0) is 24.2 Å². The fourth-order valence-corrected chi connectivity index (χ4v) is 5.95. The van der Waals surface area contributed by atoms with Gasteiger partial charge in [-0.3, -0.25) is 4.90 Å². The van der Waals surface area contributed by atoms with Crippen LogP contribution in [0.25, 0.3) is 22.3 Å². The number of aromatic nitrogens is 3. The van der Waals surface area contributed by atoms with Crippen LogP contribution >= 0.6 is 0 Å². The predicted octanol–water partition coefficient (Wildman–Crippen LogP) is 8.64. The number of carbonyl (C=O) groups excluding carboxylic acids is 2. The Morgan fingerprint density at radius 3 is 2.31 bits per heavy atom. The number of para-hydroxylation sites is 1. The van der Waals surface area contributed by atoms with Gasteiger partial charge >= 0.3 is 12.2 Å². The van der Waals surface area contributed by atoms with Crippen LogP contribution in [0.15, 0.2) is 91.0 Å². The lowest BCUT2D eigenvalue weighted by Gasteiger charge is -2.35. The van der Waals surface area contributed by atoms with Crippen molar-refractivity contribution in [1.29, 1.82) is 0 Å². The Hall–Kier alpha value is -5.18. The van der Waals surface area contributed by atoms with Crippen LogP contribution in [0, 0.1) is 0 Å². The van der Waals surface area contributed by atoms with E-state index < -0.39 is 11.8 Å². The highest BCUT2D eigenvalue weighted by molar-refractivity contribution is 5.92. The highest BCUT2D eigenvalue weighted by Gasteiger charge is 2.28. The third-order valence-corrected chi connectivity index (χ3v) is 8.29. The van der Waals surface area contributed by atoms with Crippen molar-refractivity contribution in [3.05, 3.63) is 108 Å².